The van der Waals surface area contributed by atoms with E-state index in [0.29, 0.717) is 23.4 Å². The second-order valence-corrected chi connectivity index (χ2v) is 6.79. The third-order valence-electron chi connectivity index (χ3n) is 4.45. The molecule has 2 fully saturated rings. The van der Waals surface area contributed by atoms with E-state index < -0.39 is 0 Å². The highest BCUT2D eigenvalue weighted by Crippen LogP contribution is 2.34. The molecule has 0 unspecified atom stereocenters. The summed E-state index contributed by atoms with van der Waals surface area (Å²) in [6, 6.07) is 8.95. The average molecular weight is 328 g/mol. The molecule has 118 valence electrons. The minimum atomic E-state index is -0.338. The lowest BCUT2D eigenvalue weighted by atomic mass is 9.93. The van der Waals surface area contributed by atoms with Crippen molar-refractivity contribution in [2.75, 3.05) is 11.4 Å². The number of aromatic nitrogens is 2. The number of piperidine rings is 1. The Morgan fingerprint density at radius 3 is 2.78 bits per heavy atom. The lowest BCUT2D eigenvalue weighted by Gasteiger charge is -2.30. The van der Waals surface area contributed by atoms with E-state index >= 15 is 0 Å². The Morgan fingerprint density at radius 2 is 2.00 bits per heavy atom. The first kappa shape index (κ1) is 14.3. The summed E-state index contributed by atoms with van der Waals surface area (Å²) in [5.41, 5.74) is 0.875. The number of anilines is 1. The van der Waals surface area contributed by atoms with Gasteiger partial charge in [-0.15, -0.1) is 0 Å². The summed E-state index contributed by atoms with van der Waals surface area (Å²) in [6.45, 7) is 2.76. The highest BCUT2D eigenvalue weighted by Gasteiger charge is 2.49. The second-order valence-electron chi connectivity index (χ2n) is 6.06. The molecule has 0 N–H and O–H groups in total. The Kier molecular flexibility index (Phi) is 3.37. The number of benzene rings is 1. The average Bonchev–Trinajstić information content (AvgIpc) is 3.13. The third-order valence-corrected chi connectivity index (χ3v) is 5.15. The molecule has 1 aromatic heterocycles. The lowest BCUT2D eigenvalue weighted by Crippen LogP contribution is -2.41. The summed E-state index contributed by atoms with van der Waals surface area (Å²) in [6.07, 6.45) is 1.67. The maximum Gasteiger partial charge on any atom is 0.334 e. The Morgan fingerprint density at radius 1 is 1.22 bits per heavy atom. The van der Waals surface area contributed by atoms with Gasteiger partial charge in [0.2, 0.25) is 5.13 Å². The van der Waals surface area contributed by atoms with E-state index in [0.717, 1.165) is 29.9 Å². The van der Waals surface area contributed by atoms with Crippen LogP contribution in [0.15, 0.2) is 30.3 Å². The standard InChI is InChI=1S/C16H16N4O2S/c1-10-7-8-19-12(9-10)14(21)20(16(19)22)15-17-13(18-23-15)11-5-3-2-4-6-11/h2-6,10,12H,7-9H2,1H3/t10-,12-/m0/s1. The van der Waals surface area contributed by atoms with Crippen molar-refractivity contribution in [3.63, 3.8) is 0 Å². The zero-order valence-corrected chi connectivity index (χ0v) is 13.5. The van der Waals surface area contributed by atoms with Crippen LogP contribution < -0.4 is 4.90 Å². The van der Waals surface area contributed by atoms with Crippen molar-refractivity contribution < 1.29 is 9.59 Å². The summed E-state index contributed by atoms with van der Waals surface area (Å²) in [5, 5.41) is 0.362. The topological polar surface area (TPSA) is 66.4 Å². The molecule has 7 heteroatoms. The molecule has 2 atom stereocenters. The van der Waals surface area contributed by atoms with E-state index in [9.17, 15) is 9.59 Å². The fourth-order valence-electron chi connectivity index (χ4n) is 3.16. The number of imide groups is 1. The lowest BCUT2D eigenvalue weighted by molar-refractivity contribution is -0.120. The molecular weight excluding hydrogens is 312 g/mol. The second kappa shape index (κ2) is 5.42. The van der Waals surface area contributed by atoms with Crippen molar-refractivity contribution in [1.82, 2.24) is 14.3 Å². The fourth-order valence-corrected chi connectivity index (χ4v) is 3.85. The number of carbonyl (C=O) groups excluding carboxylic acids is 2. The monoisotopic (exact) mass is 328 g/mol. The number of carbonyl (C=O) groups is 2. The van der Waals surface area contributed by atoms with Crippen LogP contribution in [0.1, 0.15) is 19.8 Å². The molecule has 0 bridgehead atoms. The van der Waals surface area contributed by atoms with Gasteiger partial charge in [0.25, 0.3) is 5.91 Å². The number of hydrogen-bond donors (Lipinski definition) is 0. The minimum Gasteiger partial charge on any atom is -0.312 e. The van der Waals surface area contributed by atoms with Crippen LogP contribution in [0.3, 0.4) is 0 Å². The van der Waals surface area contributed by atoms with Crippen molar-refractivity contribution in [2.45, 2.75) is 25.8 Å². The van der Waals surface area contributed by atoms with Crippen molar-refractivity contribution >= 4 is 28.6 Å². The van der Waals surface area contributed by atoms with E-state index in [1.807, 2.05) is 30.3 Å². The third kappa shape index (κ3) is 2.31. The zero-order valence-electron chi connectivity index (χ0n) is 12.7. The maximum atomic E-state index is 12.6. The van der Waals surface area contributed by atoms with Crippen molar-refractivity contribution in [2.24, 2.45) is 5.92 Å². The molecule has 6 nitrogen and oxygen atoms in total. The number of nitrogens with zero attached hydrogens (tertiary/aromatic N) is 4. The van der Waals surface area contributed by atoms with Crippen LogP contribution in [-0.2, 0) is 4.79 Å². The summed E-state index contributed by atoms with van der Waals surface area (Å²) in [5.74, 6) is 0.837. The first-order chi connectivity index (χ1) is 11.1. The van der Waals surface area contributed by atoms with Crippen LogP contribution in [0, 0.1) is 5.92 Å². The van der Waals surface area contributed by atoms with Gasteiger partial charge in [0.05, 0.1) is 0 Å². The Balaban J connectivity index is 1.65. The summed E-state index contributed by atoms with van der Waals surface area (Å²) >= 11 is 1.09. The first-order valence-electron chi connectivity index (χ1n) is 7.69. The van der Waals surface area contributed by atoms with Gasteiger partial charge in [0.15, 0.2) is 5.82 Å². The van der Waals surface area contributed by atoms with Crippen LogP contribution in [0.2, 0.25) is 0 Å². The molecule has 1 aromatic carbocycles. The van der Waals surface area contributed by atoms with Gasteiger partial charge in [-0.2, -0.15) is 9.36 Å². The van der Waals surface area contributed by atoms with Crippen molar-refractivity contribution in [3.05, 3.63) is 30.3 Å². The van der Waals surface area contributed by atoms with Gasteiger partial charge in [0, 0.05) is 23.6 Å². The van der Waals surface area contributed by atoms with E-state index in [-0.39, 0.29) is 18.0 Å². The maximum absolute atomic E-state index is 12.6. The molecule has 2 aromatic rings. The molecule has 4 rings (SSSR count). The molecule has 0 aliphatic carbocycles. The number of amides is 3. The van der Waals surface area contributed by atoms with Crippen LogP contribution in [0.25, 0.3) is 11.4 Å². The smallest absolute Gasteiger partial charge is 0.312 e. The van der Waals surface area contributed by atoms with Crippen LogP contribution in [-0.4, -0.2) is 38.8 Å². The summed E-state index contributed by atoms with van der Waals surface area (Å²) < 4.78 is 4.30. The quantitative estimate of drug-likeness (QED) is 0.795. The minimum absolute atomic E-state index is 0.169. The van der Waals surface area contributed by atoms with Crippen LogP contribution in [0.5, 0.6) is 0 Å². The predicted octanol–water partition coefficient (Wildman–Crippen LogP) is 2.77. The van der Waals surface area contributed by atoms with E-state index in [1.165, 1.54) is 4.90 Å². The predicted molar refractivity (Wildman–Crippen MR) is 87.1 cm³/mol. The Hall–Kier alpha value is -2.28. The summed E-state index contributed by atoms with van der Waals surface area (Å²) in [7, 11) is 0. The van der Waals surface area contributed by atoms with E-state index in [4.69, 9.17) is 0 Å². The van der Waals surface area contributed by atoms with Gasteiger partial charge < -0.3 is 4.90 Å². The highest BCUT2D eigenvalue weighted by molar-refractivity contribution is 7.10. The molecule has 0 radical (unpaired) electrons. The van der Waals surface area contributed by atoms with Gasteiger partial charge in [0.1, 0.15) is 6.04 Å². The van der Waals surface area contributed by atoms with Crippen molar-refractivity contribution in [3.8, 4) is 11.4 Å². The molecule has 0 saturated carbocycles. The van der Waals surface area contributed by atoms with Gasteiger partial charge in [-0.3, -0.25) is 4.79 Å². The van der Waals surface area contributed by atoms with E-state index in [2.05, 4.69) is 16.3 Å². The van der Waals surface area contributed by atoms with Gasteiger partial charge in [-0.1, -0.05) is 37.3 Å². The molecule has 3 heterocycles. The van der Waals surface area contributed by atoms with E-state index in [1.54, 1.807) is 4.90 Å². The zero-order chi connectivity index (χ0) is 16.0. The van der Waals surface area contributed by atoms with Crippen molar-refractivity contribution in [1.29, 1.82) is 0 Å². The molecular formula is C16H16N4O2S. The highest BCUT2D eigenvalue weighted by atomic mass is 32.1. The van der Waals surface area contributed by atoms with Gasteiger partial charge in [-0.05, 0) is 18.8 Å². The number of rotatable bonds is 2. The summed E-state index contributed by atoms with van der Waals surface area (Å²) in [4.78, 5) is 32.5. The van der Waals surface area contributed by atoms with Crippen LogP contribution in [0.4, 0.5) is 9.93 Å². The molecule has 2 aliphatic heterocycles. The number of hydrogen-bond acceptors (Lipinski definition) is 5. The Labute approximate surface area is 137 Å². The van der Waals surface area contributed by atoms with Gasteiger partial charge >= 0.3 is 6.03 Å². The van der Waals surface area contributed by atoms with Gasteiger partial charge in [-0.25, -0.2) is 9.69 Å². The number of fused-ring (bicyclic) bond motifs is 1. The number of urea groups is 1. The normalized spacial score (nSPS) is 24.2. The largest absolute Gasteiger partial charge is 0.334 e. The molecule has 0 spiro atoms. The fraction of sp³-hybridized carbons (Fsp3) is 0.375. The molecule has 23 heavy (non-hydrogen) atoms. The molecule has 2 saturated heterocycles. The molecule has 3 amide bonds. The van der Waals surface area contributed by atoms with Crippen LogP contribution >= 0.6 is 11.5 Å². The first-order valence-corrected chi connectivity index (χ1v) is 8.46. The SMILES string of the molecule is C[C@H]1CCN2C(=O)N(c3nc(-c4ccccc4)ns3)C(=O)[C@@H]2C1. The Bertz CT molecular complexity index is 760. The molecule has 2 aliphatic rings.